The molecule has 3 amide bonds. The Bertz CT molecular complexity index is 475. The van der Waals surface area contributed by atoms with Crippen molar-refractivity contribution in [3.63, 3.8) is 0 Å². The number of urea groups is 1. The van der Waals surface area contributed by atoms with Crippen molar-refractivity contribution in [2.24, 2.45) is 5.92 Å². The van der Waals surface area contributed by atoms with Crippen LogP contribution in [0.15, 0.2) is 30.3 Å². The van der Waals surface area contributed by atoms with Gasteiger partial charge in [-0.25, -0.2) is 4.79 Å². The van der Waals surface area contributed by atoms with Crippen molar-refractivity contribution in [1.29, 1.82) is 0 Å². The summed E-state index contributed by atoms with van der Waals surface area (Å²) >= 11 is 0. The lowest BCUT2D eigenvalue weighted by Gasteiger charge is -2.22. The summed E-state index contributed by atoms with van der Waals surface area (Å²) in [5.41, 5.74) is 0.984. The molecule has 1 aromatic rings. The van der Waals surface area contributed by atoms with E-state index in [1.807, 2.05) is 44.2 Å². The van der Waals surface area contributed by atoms with Crippen molar-refractivity contribution >= 4 is 11.9 Å². The third kappa shape index (κ3) is 6.58. The summed E-state index contributed by atoms with van der Waals surface area (Å²) in [5.74, 6) is -0.359. The predicted octanol–water partition coefficient (Wildman–Crippen LogP) is 1.01. The average molecular weight is 307 g/mol. The monoisotopic (exact) mass is 307 g/mol. The molecule has 22 heavy (non-hydrogen) atoms. The zero-order valence-corrected chi connectivity index (χ0v) is 13.3. The van der Waals surface area contributed by atoms with E-state index in [2.05, 4.69) is 16.0 Å². The van der Waals surface area contributed by atoms with E-state index in [-0.39, 0.29) is 18.4 Å². The Labute approximate surface area is 131 Å². The van der Waals surface area contributed by atoms with Gasteiger partial charge >= 0.3 is 6.03 Å². The normalized spacial score (nSPS) is 13.3. The van der Waals surface area contributed by atoms with Gasteiger partial charge in [-0.3, -0.25) is 4.79 Å². The van der Waals surface area contributed by atoms with Gasteiger partial charge in [0.15, 0.2) is 0 Å². The molecule has 1 aromatic carbocycles. The fourth-order valence-corrected chi connectivity index (χ4v) is 1.86. The van der Waals surface area contributed by atoms with Crippen LogP contribution in [0.2, 0.25) is 0 Å². The standard InChI is InChI=1S/C16H25N3O3/c1-11(2)14(15(21)17-9-12(3)20)19-16(22)18-10-13-7-5-4-6-8-13/h4-8,11-12,14,20H,9-10H2,1-3H3,(H,17,21)(H2,18,19,22). The molecule has 0 radical (unpaired) electrons. The highest BCUT2D eigenvalue weighted by Gasteiger charge is 2.24. The van der Waals surface area contributed by atoms with Gasteiger partial charge < -0.3 is 21.1 Å². The van der Waals surface area contributed by atoms with Gasteiger partial charge in [-0.1, -0.05) is 44.2 Å². The Hall–Kier alpha value is -2.08. The first kappa shape index (κ1) is 18.0. The number of amides is 3. The number of benzene rings is 1. The van der Waals surface area contributed by atoms with Gasteiger partial charge in [0.05, 0.1) is 6.10 Å². The summed E-state index contributed by atoms with van der Waals surface area (Å²) in [6.45, 7) is 5.85. The third-order valence-corrected chi connectivity index (χ3v) is 3.10. The molecule has 1 rings (SSSR count). The van der Waals surface area contributed by atoms with E-state index >= 15 is 0 Å². The van der Waals surface area contributed by atoms with E-state index in [1.54, 1.807) is 6.92 Å². The Kier molecular flexibility index (Phi) is 7.39. The van der Waals surface area contributed by atoms with Crippen LogP contribution in [-0.4, -0.2) is 35.7 Å². The average Bonchev–Trinajstić information content (AvgIpc) is 2.49. The smallest absolute Gasteiger partial charge is 0.315 e. The Morgan fingerprint density at radius 3 is 2.27 bits per heavy atom. The fourth-order valence-electron chi connectivity index (χ4n) is 1.86. The summed E-state index contributed by atoms with van der Waals surface area (Å²) in [6.07, 6.45) is -0.622. The molecule has 0 heterocycles. The second kappa shape index (κ2) is 9.04. The molecular weight excluding hydrogens is 282 g/mol. The number of aliphatic hydroxyl groups excluding tert-OH is 1. The van der Waals surface area contributed by atoms with Gasteiger partial charge in [-0.2, -0.15) is 0 Å². The number of hydrogen-bond acceptors (Lipinski definition) is 3. The molecule has 6 heteroatoms. The first-order chi connectivity index (χ1) is 10.4. The number of aliphatic hydroxyl groups is 1. The maximum absolute atomic E-state index is 12.0. The number of nitrogens with one attached hydrogen (secondary N) is 3. The van der Waals surface area contributed by atoms with Crippen molar-refractivity contribution in [3.05, 3.63) is 35.9 Å². The van der Waals surface area contributed by atoms with Crippen LogP contribution in [0.5, 0.6) is 0 Å². The van der Waals surface area contributed by atoms with Crippen LogP contribution < -0.4 is 16.0 Å². The highest BCUT2D eigenvalue weighted by molar-refractivity contribution is 5.87. The van der Waals surface area contributed by atoms with Gasteiger partial charge in [0.25, 0.3) is 0 Å². The summed E-state index contributed by atoms with van der Waals surface area (Å²) in [7, 11) is 0. The zero-order chi connectivity index (χ0) is 16.5. The first-order valence-corrected chi connectivity index (χ1v) is 7.44. The lowest BCUT2D eigenvalue weighted by molar-refractivity contribution is -0.124. The number of carbonyl (C=O) groups is 2. The molecule has 0 saturated carbocycles. The molecule has 2 unspecified atom stereocenters. The Balaban J connectivity index is 2.48. The number of rotatable bonds is 7. The molecule has 0 aliphatic heterocycles. The summed E-state index contributed by atoms with van der Waals surface area (Å²) in [6, 6.07) is 8.49. The minimum atomic E-state index is -0.644. The molecule has 0 saturated heterocycles. The van der Waals surface area contributed by atoms with E-state index in [4.69, 9.17) is 0 Å². The van der Waals surface area contributed by atoms with Crippen molar-refractivity contribution in [2.75, 3.05) is 6.54 Å². The minimum absolute atomic E-state index is 0.0588. The van der Waals surface area contributed by atoms with Crippen molar-refractivity contribution in [2.45, 2.75) is 39.5 Å². The molecule has 0 bridgehead atoms. The van der Waals surface area contributed by atoms with Crippen LogP contribution in [0.3, 0.4) is 0 Å². The van der Waals surface area contributed by atoms with Crippen molar-refractivity contribution < 1.29 is 14.7 Å². The molecule has 2 atom stereocenters. The molecule has 122 valence electrons. The first-order valence-electron chi connectivity index (χ1n) is 7.44. The topological polar surface area (TPSA) is 90.5 Å². The summed E-state index contributed by atoms with van der Waals surface area (Å²) in [5, 5.41) is 17.2. The fraction of sp³-hybridized carbons (Fsp3) is 0.500. The molecule has 0 fully saturated rings. The van der Waals surface area contributed by atoms with E-state index in [1.165, 1.54) is 0 Å². The van der Waals surface area contributed by atoms with E-state index < -0.39 is 18.2 Å². The molecule has 0 aliphatic rings. The third-order valence-electron chi connectivity index (χ3n) is 3.10. The van der Waals surface area contributed by atoms with E-state index in [0.717, 1.165) is 5.56 Å². The lowest BCUT2D eigenvalue weighted by atomic mass is 10.0. The predicted molar refractivity (Wildman–Crippen MR) is 85.1 cm³/mol. The summed E-state index contributed by atoms with van der Waals surface area (Å²) < 4.78 is 0. The van der Waals surface area contributed by atoms with Crippen LogP contribution >= 0.6 is 0 Å². The molecule has 4 N–H and O–H groups in total. The van der Waals surface area contributed by atoms with E-state index in [0.29, 0.717) is 6.54 Å². The van der Waals surface area contributed by atoms with Crippen molar-refractivity contribution in [1.82, 2.24) is 16.0 Å². The van der Waals surface area contributed by atoms with Gasteiger partial charge in [-0.05, 0) is 18.4 Å². The Morgan fingerprint density at radius 1 is 1.09 bits per heavy atom. The SMILES string of the molecule is CC(O)CNC(=O)C(NC(=O)NCc1ccccc1)C(C)C. The van der Waals surface area contributed by atoms with Crippen LogP contribution in [0.25, 0.3) is 0 Å². The van der Waals surface area contributed by atoms with Gasteiger partial charge in [0.1, 0.15) is 6.04 Å². The maximum Gasteiger partial charge on any atom is 0.315 e. The van der Waals surface area contributed by atoms with Gasteiger partial charge in [0, 0.05) is 13.1 Å². The largest absolute Gasteiger partial charge is 0.392 e. The van der Waals surface area contributed by atoms with Crippen LogP contribution in [0.4, 0.5) is 4.79 Å². The molecular formula is C16H25N3O3. The molecule has 0 aliphatic carbocycles. The molecule has 0 aromatic heterocycles. The second-order valence-corrected chi connectivity index (χ2v) is 5.63. The second-order valence-electron chi connectivity index (χ2n) is 5.63. The van der Waals surface area contributed by atoms with Gasteiger partial charge in [0.2, 0.25) is 5.91 Å². The van der Waals surface area contributed by atoms with Crippen LogP contribution in [-0.2, 0) is 11.3 Å². The number of hydrogen-bond donors (Lipinski definition) is 4. The quantitative estimate of drug-likeness (QED) is 0.606. The minimum Gasteiger partial charge on any atom is -0.392 e. The summed E-state index contributed by atoms with van der Waals surface area (Å²) in [4.78, 5) is 24.0. The van der Waals surface area contributed by atoms with Crippen LogP contribution in [0, 0.1) is 5.92 Å². The highest BCUT2D eigenvalue weighted by Crippen LogP contribution is 2.02. The number of carbonyl (C=O) groups excluding carboxylic acids is 2. The Morgan fingerprint density at radius 2 is 1.73 bits per heavy atom. The van der Waals surface area contributed by atoms with E-state index in [9.17, 15) is 14.7 Å². The lowest BCUT2D eigenvalue weighted by Crippen LogP contribution is -2.53. The van der Waals surface area contributed by atoms with Crippen LogP contribution in [0.1, 0.15) is 26.3 Å². The zero-order valence-electron chi connectivity index (χ0n) is 13.3. The van der Waals surface area contributed by atoms with Gasteiger partial charge in [-0.15, -0.1) is 0 Å². The maximum atomic E-state index is 12.0. The molecule has 6 nitrogen and oxygen atoms in total. The molecule has 0 spiro atoms. The van der Waals surface area contributed by atoms with Crippen molar-refractivity contribution in [3.8, 4) is 0 Å². The highest BCUT2D eigenvalue weighted by atomic mass is 16.3.